The molecule has 0 aromatic heterocycles. The van der Waals surface area contributed by atoms with E-state index in [1.165, 1.54) is 31.7 Å². The predicted molar refractivity (Wildman–Crippen MR) is 60.3 cm³/mol. The Morgan fingerprint density at radius 3 is 2.69 bits per heavy atom. The van der Waals surface area contributed by atoms with Gasteiger partial charge in [-0.3, -0.25) is 4.90 Å². The van der Waals surface area contributed by atoms with Gasteiger partial charge >= 0.3 is 0 Å². The lowest BCUT2D eigenvalue weighted by Crippen LogP contribution is -2.49. The molecule has 0 aliphatic carbocycles. The smallest absolute Gasteiger partial charge is 0.0125 e. The fourth-order valence-corrected chi connectivity index (χ4v) is 4.00. The largest absolute Gasteiger partial charge is 0.298 e. The second-order valence-corrected chi connectivity index (χ2v) is 6.71. The highest BCUT2D eigenvalue weighted by Crippen LogP contribution is 2.39. The summed E-state index contributed by atoms with van der Waals surface area (Å²) in [4.78, 5) is 2.67. The first-order valence-electron chi connectivity index (χ1n) is 5.44. The molecular formula is C11H21NS. The topological polar surface area (TPSA) is 3.24 Å². The molecule has 0 radical (unpaired) electrons. The van der Waals surface area contributed by atoms with Gasteiger partial charge in [-0.05, 0) is 51.8 Å². The number of nitrogens with zero attached hydrogens (tertiary/aromatic N) is 1. The molecular weight excluding hydrogens is 178 g/mol. The molecule has 0 unspecified atom stereocenters. The number of thioether (sulfide) groups is 1. The van der Waals surface area contributed by atoms with Gasteiger partial charge in [-0.25, -0.2) is 0 Å². The van der Waals surface area contributed by atoms with E-state index in [1.54, 1.807) is 0 Å². The Balaban J connectivity index is 1.97. The zero-order chi connectivity index (χ0) is 9.47. The SMILES string of the molecule is CC(C)(C)N1CC[C@@H]2SCC[C@@H]2C1. The molecule has 1 nitrogen and oxygen atoms in total. The maximum Gasteiger partial charge on any atom is 0.0125 e. The highest BCUT2D eigenvalue weighted by molar-refractivity contribution is 8.00. The predicted octanol–water partition coefficient (Wildman–Crippen LogP) is 2.61. The zero-order valence-electron chi connectivity index (χ0n) is 9.05. The van der Waals surface area contributed by atoms with Gasteiger partial charge in [-0.1, -0.05) is 0 Å². The summed E-state index contributed by atoms with van der Waals surface area (Å²) in [5, 5.41) is 0.999. The van der Waals surface area contributed by atoms with E-state index in [2.05, 4.69) is 37.4 Å². The Morgan fingerprint density at radius 1 is 1.23 bits per heavy atom. The van der Waals surface area contributed by atoms with Crippen LogP contribution < -0.4 is 0 Å². The summed E-state index contributed by atoms with van der Waals surface area (Å²) in [5.41, 5.74) is 0.387. The molecule has 2 atom stereocenters. The number of hydrogen-bond donors (Lipinski definition) is 0. The van der Waals surface area contributed by atoms with Crippen molar-refractivity contribution in [3.8, 4) is 0 Å². The first-order valence-corrected chi connectivity index (χ1v) is 6.49. The van der Waals surface area contributed by atoms with Crippen LogP contribution in [0.25, 0.3) is 0 Å². The minimum Gasteiger partial charge on any atom is -0.298 e. The summed E-state index contributed by atoms with van der Waals surface area (Å²) in [6.07, 6.45) is 2.88. The molecule has 0 amide bonds. The number of hydrogen-bond acceptors (Lipinski definition) is 2. The standard InChI is InChI=1S/C11H21NS/c1-11(2,3)12-6-4-10-9(8-12)5-7-13-10/h9-10H,4-8H2,1-3H3/t9-,10+/m1/s1. The van der Waals surface area contributed by atoms with Crippen LogP contribution in [0.5, 0.6) is 0 Å². The van der Waals surface area contributed by atoms with Crippen LogP contribution in [0.2, 0.25) is 0 Å². The van der Waals surface area contributed by atoms with E-state index >= 15 is 0 Å². The van der Waals surface area contributed by atoms with Crippen LogP contribution in [0.4, 0.5) is 0 Å². The van der Waals surface area contributed by atoms with Crippen LogP contribution in [0.15, 0.2) is 0 Å². The average Bonchev–Trinajstić information content (AvgIpc) is 2.47. The lowest BCUT2D eigenvalue weighted by Gasteiger charge is -2.42. The summed E-state index contributed by atoms with van der Waals surface area (Å²) < 4.78 is 0. The molecule has 0 N–H and O–H groups in total. The molecule has 2 heterocycles. The number of rotatable bonds is 0. The van der Waals surface area contributed by atoms with Crippen molar-refractivity contribution in [3.63, 3.8) is 0 Å². The molecule has 0 spiro atoms. The molecule has 2 saturated heterocycles. The van der Waals surface area contributed by atoms with Crippen molar-refractivity contribution in [1.82, 2.24) is 4.90 Å². The van der Waals surface area contributed by atoms with Crippen molar-refractivity contribution in [1.29, 1.82) is 0 Å². The number of fused-ring (bicyclic) bond motifs is 1. The van der Waals surface area contributed by atoms with Crippen LogP contribution in [0, 0.1) is 5.92 Å². The minimum absolute atomic E-state index is 0.387. The van der Waals surface area contributed by atoms with Crippen molar-refractivity contribution in [2.75, 3.05) is 18.8 Å². The van der Waals surface area contributed by atoms with Gasteiger partial charge in [0, 0.05) is 17.3 Å². The van der Waals surface area contributed by atoms with Gasteiger partial charge in [-0.15, -0.1) is 0 Å². The Morgan fingerprint density at radius 2 is 2.00 bits per heavy atom. The lowest BCUT2D eigenvalue weighted by molar-refractivity contribution is 0.0843. The molecule has 0 aromatic carbocycles. The number of likely N-dealkylation sites (tertiary alicyclic amines) is 1. The van der Waals surface area contributed by atoms with Crippen molar-refractivity contribution in [3.05, 3.63) is 0 Å². The third-order valence-corrected chi connectivity index (χ3v) is 4.95. The first kappa shape index (κ1) is 9.85. The molecule has 2 heteroatoms. The van der Waals surface area contributed by atoms with Gasteiger partial charge in [-0.2, -0.15) is 11.8 Å². The fourth-order valence-electron chi connectivity index (χ4n) is 2.49. The van der Waals surface area contributed by atoms with E-state index in [0.717, 1.165) is 11.2 Å². The Bertz CT molecular complexity index is 185. The molecule has 0 saturated carbocycles. The van der Waals surface area contributed by atoms with Gasteiger partial charge in [0.2, 0.25) is 0 Å². The Labute approximate surface area is 86.3 Å². The number of piperidine rings is 1. The van der Waals surface area contributed by atoms with Gasteiger partial charge in [0.05, 0.1) is 0 Å². The Hall–Kier alpha value is 0.310. The summed E-state index contributed by atoms with van der Waals surface area (Å²) in [6, 6.07) is 0. The van der Waals surface area contributed by atoms with Crippen molar-refractivity contribution < 1.29 is 0 Å². The van der Waals surface area contributed by atoms with E-state index in [4.69, 9.17) is 0 Å². The fraction of sp³-hybridized carbons (Fsp3) is 1.00. The maximum atomic E-state index is 2.67. The highest BCUT2D eigenvalue weighted by atomic mass is 32.2. The highest BCUT2D eigenvalue weighted by Gasteiger charge is 2.36. The van der Waals surface area contributed by atoms with E-state index in [0.29, 0.717) is 5.54 Å². The van der Waals surface area contributed by atoms with Crippen molar-refractivity contribution in [2.45, 2.75) is 44.4 Å². The molecule has 2 aliphatic heterocycles. The molecule has 0 aromatic rings. The normalized spacial score (nSPS) is 36.2. The third kappa shape index (κ3) is 2.04. The van der Waals surface area contributed by atoms with Crippen molar-refractivity contribution in [2.24, 2.45) is 5.92 Å². The lowest BCUT2D eigenvalue weighted by atomic mass is 9.91. The molecule has 13 heavy (non-hydrogen) atoms. The Kier molecular flexibility index (Phi) is 2.63. The summed E-state index contributed by atoms with van der Waals surface area (Å²) in [5.74, 6) is 2.41. The van der Waals surface area contributed by atoms with E-state index in [1.807, 2.05) is 0 Å². The molecule has 2 rings (SSSR count). The quantitative estimate of drug-likeness (QED) is 0.590. The van der Waals surface area contributed by atoms with E-state index in [-0.39, 0.29) is 0 Å². The summed E-state index contributed by atoms with van der Waals surface area (Å²) in [6.45, 7) is 9.69. The van der Waals surface area contributed by atoms with Crippen LogP contribution >= 0.6 is 11.8 Å². The van der Waals surface area contributed by atoms with Crippen LogP contribution in [-0.4, -0.2) is 34.5 Å². The molecule has 76 valence electrons. The third-order valence-electron chi connectivity index (χ3n) is 3.43. The molecule has 0 bridgehead atoms. The second kappa shape index (κ2) is 3.47. The first-order chi connectivity index (χ1) is 6.07. The minimum atomic E-state index is 0.387. The maximum absolute atomic E-state index is 2.67. The van der Waals surface area contributed by atoms with Crippen LogP contribution in [0.3, 0.4) is 0 Å². The molecule has 2 fully saturated rings. The van der Waals surface area contributed by atoms with Crippen molar-refractivity contribution >= 4 is 11.8 Å². The van der Waals surface area contributed by atoms with Gasteiger partial charge in [0.25, 0.3) is 0 Å². The average molecular weight is 199 g/mol. The monoisotopic (exact) mass is 199 g/mol. The summed E-state index contributed by atoms with van der Waals surface area (Å²) in [7, 11) is 0. The van der Waals surface area contributed by atoms with Gasteiger partial charge in [0.15, 0.2) is 0 Å². The van der Waals surface area contributed by atoms with Gasteiger partial charge < -0.3 is 0 Å². The summed E-state index contributed by atoms with van der Waals surface area (Å²) >= 11 is 2.21. The van der Waals surface area contributed by atoms with E-state index in [9.17, 15) is 0 Å². The second-order valence-electron chi connectivity index (χ2n) is 5.36. The molecule has 2 aliphatic rings. The zero-order valence-corrected chi connectivity index (χ0v) is 9.86. The van der Waals surface area contributed by atoms with Gasteiger partial charge in [0.1, 0.15) is 0 Å². The van der Waals surface area contributed by atoms with Crippen LogP contribution in [0.1, 0.15) is 33.6 Å². The van der Waals surface area contributed by atoms with E-state index < -0.39 is 0 Å². The van der Waals surface area contributed by atoms with Crippen LogP contribution in [-0.2, 0) is 0 Å².